The fourth-order valence-corrected chi connectivity index (χ4v) is 1.64. The van der Waals surface area contributed by atoms with E-state index in [1.165, 1.54) is 11.1 Å². The fraction of sp³-hybridized carbons (Fsp3) is 0.167. The van der Waals surface area contributed by atoms with E-state index in [-0.39, 0.29) is 5.69 Å². The minimum absolute atomic E-state index is 0.317. The Morgan fingerprint density at radius 2 is 1.73 bits per heavy atom. The lowest BCUT2D eigenvalue weighted by atomic mass is 10.0. The van der Waals surface area contributed by atoms with Crippen molar-refractivity contribution in [3.8, 4) is 11.1 Å². The molecule has 0 aliphatic heterocycles. The van der Waals surface area contributed by atoms with Crippen LogP contribution in [0.5, 0.6) is 0 Å². The highest BCUT2D eigenvalue weighted by molar-refractivity contribution is 5.63. The summed E-state index contributed by atoms with van der Waals surface area (Å²) in [4.78, 5) is 17.1. The number of aryl methyl sites for hydroxylation is 2. The maximum atomic E-state index is 10.8. The molecule has 0 unspecified atom stereocenters. The van der Waals surface area contributed by atoms with Gasteiger partial charge in [-0.25, -0.2) is 9.78 Å². The van der Waals surface area contributed by atoms with Gasteiger partial charge in [0.15, 0.2) is 0 Å². The second kappa shape index (κ2) is 3.69. The number of rotatable bonds is 1. The average molecular weight is 200 g/mol. The van der Waals surface area contributed by atoms with E-state index < -0.39 is 0 Å². The zero-order chi connectivity index (χ0) is 10.8. The molecule has 0 spiro atoms. The standard InChI is InChI=1S/C12H12N2O/c1-8-3-9(2)5-10(4-8)11-6-13-12(15)14-7-11/h3-7H,1-2H3,(H,13,14,15). The van der Waals surface area contributed by atoms with Gasteiger partial charge in [0.1, 0.15) is 0 Å². The minimum Gasteiger partial charge on any atom is -0.312 e. The molecule has 0 saturated carbocycles. The third-order valence-corrected chi connectivity index (χ3v) is 2.23. The van der Waals surface area contributed by atoms with Crippen LogP contribution in [0.4, 0.5) is 0 Å². The first kappa shape index (κ1) is 9.65. The molecule has 1 heterocycles. The van der Waals surface area contributed by atoms with Crippen LogP contribution in [0.1, 0.15) is 11.1 Å². The Kier molecular flexibility index (Phi) is 2.37. The summed E-state index contributed by atoms with van der Waals surface area (Å²) < 4.78 is 0. The Morgan fingerprint density at radius 1 is 1.07 bits per heavy atom. The molecule has 2 aromatic rings. The minimum atomic E-state index is -0.317. The van der Waals surface area contributed by atoms with Crippen molar-refractivity contribution >= 4 is 0 Å². The van der Waals surface area contributed by atoms with Crippen molar-refractivity contribution in [2.45, 2.75) is 13.8 Å². The van der Waals surface area contributed by atoms with E-state index in [0.717, 1.165) is 11.1 Å². The topological polar surface area (TPSA) is 45.8 Å². The summed E-state index contributed by atoms with van der Waals surface area (Å²) in [7, 11) is 0. The molecule has 0 aliphatic carbocycles. The molecule has 0 atom stereocenters. The van der Waals surface area contributed by atoms with Crippen LogP contribution in [-0.2, 0) is 0 Å². The number of H-pyrrole nitrogens is 1. The zero-order valence-corrected chi connectivity index (χ0v) is 8.74. The molecule has 0 aliphatic rings. The number of hydrogen-bond acceptors (Lipinski definition) is 2. The van der Waals surface area contributed by atoms with Gasteiger partial charge in [0.25, 0.3) is 0 Å². The van der Waals surface area contributed by atoms with E-state index in [4.69, 9.17) is 0 Å². The Balaban J connectivity index is 2.53. The van der Waals surface area contributed by atoms with Crippen molar-refractivity contribution in [1.82, 2.24) is 9.97 Å². The van der Waals surface area contributed by atoms with E-state index in [2.05, 4.69) is 42.0 Å². The van der Waals surface area contributed by atoms with E-state index in [1.807, 2.05) is 0 Å². The quantitative estimate of drug-likeness (QED) is 0.765. The molecule has 0 amide bonds. The van der Waals surface area contributed by atoms with Crippen molar-refractivity contribution < 1.29 is 0 Å². The summed E-state index contributed by atoms with van der Waals surface area (Å²) in [6.45, 7) is 4.10. The number of aromatic nitrogens is 2. The summed E-state index contributed by atoms with van der Waals surface area (Å²) in [5.41, 5.74) is 4.10. The molecular weight excluding hydrogens is 188 g/mol. The second-order valence-corrected chi connectivity index (χ2v) is 3.68. The molecule has 3 nitrogen and oxygen atoms in total. The average Bonchev–Trinajstić information content (AvgIpc) is 2.17. The number of nitrogens with zero attached hydrogens (tertiary/aromatic N) is 1. The van der Waals surface area contributed by atoms with Gasteiger partial charge in [-0.2, -0.15) is 0 Å². The largest absolute Gasteiger partial charge is 0.344 e. The molecule has 1 aromatic heterocycles. The lowest BCUT2D eigenvalue weighted by molar-refractivity contribution is 1.08. The summed E-state index contributed by atoms with van der Waals surface area (Å²) in [5.74, 6) is 0. The highest BCUT2D eigenvalue weighted by atomic mass is 16.1. The predicted molar refractivity (Wildman–Crippen MR) is 59.8 cm³/mol. The van der Waals surface area contributed by atoms with Gasteiger partial charge in [0.2, 0.25) is 0 Å². The predicted octanol–water partition coefficient (Wildman–Crippen LogP) is 2.05. The summed E-state index contributed by atoms with van der Waals surface area (Å²) in [5, 5.41) is 0. The number of nitrogens with one attached hydrogen (secondary N) is 1. The molecule has 0 bridgehead atoms. The zero-order valence-electron chi connectivity index (χ0n) is 8.74. The smallest absolute Gasteiger partial charge is 0.312 e. The van der Waals surface area contributed by atoms with Crippen molar-refractivity contribution in [2.75, 3.05) is 0 Å². The highest BCUT2D eigenvalue weighted by Crippen LogP contribution is 2.19. The van der Waals surface area contributed by atoms with Crippen LogP contribution in [0.25, 0.3) is 11.1 Å². The van der Waals surface area contributed by atoms with E-state index in [0.29, 0.717) is 0 Å². The van der Waals surface area contributed by atoms with Crippen LogP contribution in [-0.4, -0.2) is 9.97 Å². The first-order valence-corrected chi connectivity index (χ1v) is 4.78. The van der Waals surface area contributed by atoms with Crippen LogP contribution < -0.4 is 5.69 Å². The van der Waals surface area contributed by atoms with Crippen LogP contribution in [0.15, 0.2) is 35.4 Å². The van der Waals surface area contributed by atoms with Crippen molar-refractivity contribution in [2.24, 2.45) is 0 Å². The molecule has 0 fully saturated rings. The summed E-state index contributed by atoms with van der Waals surface area (Å²) >= 11 is 0. The van der Waals surface area contributed by atoms with Crippen molar-refractivity contribution in [3.05, 3.63) is 52.2 Å². The van der Waals surface area contributed by atoms with Crippen LogP contribution in [0.2, 0.25) is 0 Å². The monoisotopic (exact) mass is 200 g/mol. The second-order valence-electron chi connectivity index (χ2n) is 3.68. The van der Waals surface area contributed by atoms with Gasteiger partial charge < -0.3 is 4.98 Å². The number of aromatic amines is 1. The van der Waals surface area contributed by atoms with Gasteiger partial charge in [0.05, 0.1) is 0 Å². The molecule has 1 N–H and O–H groups in total. The molecule has 1 aromatic carbocycles. The summed E-state index contributed by atoms with van der Waals surface area (Å²) in [6.07, 6.45) is 3.27. The van der Waals surface area contributed by atoms with Crippen LogP contribution in [0.3, 0.4) is 0 Å². The van der Waals surface area contributed by atoms with Gasteiger partial charge >= 0.3 is 5.69 Å². The fourth-order valence-electron chi connectivity index (χ4n) is 1.64. The molecule has 76 valence electrons. The molecule has 0 radical (unpaired) electrons. The Labute approximate surface area is 87.8 Å². The van der Waals surface area contributed by atoms with Crippen molar-refractivity contribution in [1.29, 1.82) is 0 Å². The highest BCUT2D eigenvalue weighted by Gasteiger charge is 1.99. The van der Waals surface area contributed by atoms with Gasteiger partial charge in [-0.3, -0.25) is 0 Å². The van der Waals surface area contributed by atoms with Gasteiger partial charge in [0, 0.05) is 18.0 Å². The first-order valence-electron chi connectivity index (χ1n) is 4.78. The van der Waals surface area contributed by atoms with Gasteiger partial charge in [-0.1, -0.05) is 29.3 Å². The molecule has 2 rings (SSSR count). The third-order valence-electron chi connectivity index (χ3n) is 2.23. The van der Waals surface area contributed by atoms with Gasteiger partial charge in [-0.05, 0) is 19.4 Å². The molecule has 0 saturated heterocycles. The molecule has 15 heavy (non-hydrogen) atoms. The van der Waals surface area contributed by atoms with Gasteiger partial charge in [-0.15, -0.1) is 0 Å². The maximum Gasteiger partial charge on any atom is 0.344 e. The number of benzene rings is 1. The Morgan fingerprint density at radius 3 is 2.27 bits per heavy atom. The Hall–Kier alpha value is -1.90. The maximum absolute atomic E-state index is 10.8. The van der Waals surface area contributed by atoms with E-state index in [1.54, 1.807) is 12.4 Å². The van der Waals surface area contributed by atoms with E-state index in [9.17, 15) is 4.79 Å². The normalized spacial score (nSPS) is 10.3. The molecule has 3 heteroatoms. The SMILES string of the molecule is Cc1cc(C)cc(-c2cnc(=O)[nH]c2)c1. The molecular formula is C12H12N2O. The lowest BCUT2D eigenvalue weighted by Crippen LogP contribution is -2.07. The van der Waals surface area contributed by atoms with Crippen LogP contribution >= 0.6 is 0 Å². The number of hydrogen-bond donors (Lipinski definition) is 1. The first-order chi connectivity index (χ1) is 7.15. The lowest BCUT2D eigenvalue weighted by Gasteiger charge is -2.03. The Bertz CT molecular complexity index is 503. The third kappa shape index (κ3) is 2.13. The van der Waals surface area contributed by atoms with Crippen molar-refractivity contribution in [3.63, 3.8) is 0 Å². The van der Waals surface area contributed by atoms with E-state index >= 15 is 0 Å². The van der Waals surface area contributed by atoms with Crippen LogP contribution in [0, 0.1) is 13.8 Å². The summed E-state index contributed by atoms with van der Waals surface area (Å²) in [6, 6.07) is 6.26.